The standard InChI is InChI=1S/C24H33N5O4/c1-3-32-21-16-20(28-11-13-31-14-12-28)22(33-4-2)15-19(21)27-24(30)18-5-9-29(10-6-18)23-17-25-7-8-26-23/h7-8,15-18H,3-6,9-14H2,1-2H3,(H,27,30). The van der Waals surface area contributed by atoms with Gasteiger partial charge in [0.1, 0.15) is 17.3 Å². The molecule has 1 aromatic carbocycles. The lowest BCUT2D eigenvalue weighted by molar-refractivity contribution is -0.120. The van der Waals surface area contributed by atoms with Gasteiger partial charge in [0.05, 0.1) is 44.0 Å². The van der Waals surface area contributed by atoms with E-state index in [9.17, 15) is 4.79 Å². The molecule has 9 nitrogen and oxygen atoms in total. The first-order valence-electron chi connectivity index (χ1n) is 11.8. The molecular formula is C24H33N5O4. The number of hydrogen-bond acceptors (Lipinski definition) is 8. The average Bonchev–Trinajstić information content (AvgIpc) is 2.87. The zero-order chi connectivity index (χ0) is 23.0. The van der Waals surface area contributed by atoms with E-state index >= 15 is 0 Å². The Morgan fingerprint density at radius 1 is 1.03 bits per heavy atom. The molecule has 1 amide bonds. The molecule has 4 rings (SSSR count). The number of hydrogen-bond donors (Lipinski definition) is 1. The third-order valence-corrected chi connectivity index (χ3v) is 6.01. The summed E-state index contributed by atoms with van der Waals surface area (Å²) in [7, 11) is 0. The highest BCUT2D eigenvalue weighted by molar-refractivity contribution is 5.95. The molecule has 2 aromatic rings. The monoisotopic (exact) mass is 455 g/mol. The van der Waals surface area contributed by atoms with E-state index in [-0.39, 0.29) is 11.8 Å². The lowest BCUT2D eigenvalue weighted by atomic mass is 9.95. The van der Waals surface area contributed by atoms with E-state index in [1.54, 1.807) is 18.6 Å². The van der Waals surface area contributed by atoms with Crippen LogP contribution in [0.5, 0.6) is 11.5 Å². The number of carbonyl (C=O) groups is 1. The van der Waals surface area contributed by atoms with Crippen LogP contribution in [0.1, 0.15) is 26.7 Å². The minimum absolute atomic E-state index is 0.0105. The Labute approximate surface area is 195 Å². The lowest BCUT2D eigenvalue weighted by Gasteiger charge is -2.32. The Bertz CT molecular complexity index is 913. The number of nitrogens with zero attached hydrogens (tertiary/aromatic N) is 4. The molecule has 0 spiro atoms. The fourth-order valence-electron chi connectivity index (χ4n) is 4.30. The molecule has 0 aliphatic carbocycles. The topological polar surface area (TPSA) is 89.0 Å². The van der Waals surface area contributed by atoms with Crippen molar-refractivity contribution in [3.63, 3.8) is 0 Å². The van der Waals surface area contributed by atoms with Crippen LogP contribution in [0.3, 0.4) is 0 Å². The van der Waals surface area contributed by atoms with Gasteiger partial charge in [0.15, 0.2) is 0 Å². The summed E-state index contributed by atoms with van der Waals surface area (Å²) in [6.45, 7) is 9.45. The molecule has 2 fully saturated rings. The molecule has 0 atom stereocenters. The van der Waals surface area contributed by atoms with Crippen molar-refractivity contribution in [2.75, 3.05) is 67.7 Å². The Kier molecular flexibility index (Phi) is 7.83. The van der Waals surface area contributed by atoms with Crippen molar-refractivity contribution >= 4 is 23.1 Å². The average molecular weight is 456 g/mol. The highest BCUT2D eigenvalue weighted by Crippen LogP contribution is 2.39. The first-order chi connectivity index (χ1) is 16.2. The van der Waals surface area contributed by atoms with Crippen LogP contribution in [0.25, 0.3) is 0 Å². The molecule has 33 heavy (non-hydrogen) atoms. The number of rotatable bonds is 8. The molecule has 178 valence electrons. The van der Waals surface area contributed by atoms with Crippen molar-refractivity contribution < 1.29 is 19.0 Å². The van der Waals surface area contributed by atoms with Gasteiger partial charge in [0.25, 0.3) is 0 Å². The summed E-state index contributed by atoms with van der Waals surface area (Å²) in [6.07, 6.45) is 6.65. The van der Waals surface area contributed by atoms with E-state index in [0.29, 0.717) is 37.9 Å². The van der Waals surface area contributed by atoms with E-state index in [1.807, 2.05) is 26.0 Å². The van der Waals surface area contributed by atoms with Gasteiger partial charge in [0, 0.05) is 56.6 Å². The van der Waals surface area contributed by atoms with E-state index in [1.165, 1.54) is 0 Å². The second-order valence-electron chi connectivity index (χ2n) is 8.10. The zero-order valence-corrected chi connectivity index (χ0v) is 19.5. The van der Waals surface area contributed by atoms with Crippen molar-refractivity contribution in [3.8, 4) is 11.5 Å². The first kappa shape index (κ1) is 23.1. The van der Waals surface area contributed by atoms with Crippen molar-refractivity contribution in [2.24, 2.45) is 5.92 Å². The molecule has 1 aromatic heterocycles. The zero-order valence-electron chi connectivity index (χ0n) is 19.5. The summed E-state index contributed by atoms with van der Waals surface area (Å²) in [5.74, 6) is 2.21. The van der Waals surface area contributed by atoms with Crippen LogP contribution in [0.15, 0.2) is 30.7 Å². The fraction of sp³-hybridized carbons (Fsp3) is 0.542. The number of piperidine rings is 1. The third-order valence-electron chi connectivity index (χ3n) is 6.01. The maximum absolute atomic E-state index is 13.1. The Hall–Kier alpha value is -3.07. The molecule has 0 radical (unpaired) electrons. The van der Waals surface area contributed by atoms with Gasteiger partial charge in [-0.25, -0.2) is 4.98 Å². The highest BCUT2D eigenvalue weighted by Gasteiger charge is 2.27. The number of nitrogens with one attached hydrogen (secondary N) is 1. The van der Waals surface area contributed by atoms with Gasteiger partial charge in [0.2, 0.25) is 5.91 Å². The SMILES string of the molecule is CCOc1cc(N2CCOCC2)c(OCC)cc1NC(=O)C1CCN(c2cnccn2)CC1. The maximum atomic E-state index is 13.1. The summed E-state index contributed by atoms with van der Waals surface area (Å²) in [6, 6.07) is 3.87. The second-order valence-corrected chi connectivity index (χ2v) is 8.10. The van der Waals surface area contributed by atoms with Gasteiger partial charge in [-0.3, -0.25) is 9.78 Å². The van der Waals surface area contributed by atoms with E-state index in [2.05, 4.69) is 25.1 Å². The van der Waals surface area contributed by atoms with Gasteiger partial charge in [-0.2, -0.15) is 0 Å². The van der Waals surface area contributed by atoms with Crippen LogP contribution in [0, 0.1) is 5.92 Å². The maximum Gasteiger partial charge on any atom is 0.227 e. The molecule has 1 N–H and O–H groups in total. The van der Waals surface area contributed by atoms with Gasteiger partial charge in [-0.1, -0.05) is 0 Å². The van der Waals surface area contributed by atoms with Crippen LogP contribution < -0.4 is 24.6 Å². The van der Waals surface area contributed by atoms with E-state index in [0.717, 1.165) is 56.3 Å². The summed E-state index contributed by atoms with van der Waals surface area (Å²) >= 11 is 0. The summed E-state index contributed by atoms with van der Waals surface area (Å²) < 4.78 is 17.4. The van der Waals surface area contributed by atoms with E-state index < -0.39 is 0 Å². The summed E-state index contributed by atoms with van der Waals surface area (Å²) in [5, 5.41) is 3.11. The quantitative estimate of drug-likeness (QED) is 0.650. The van der Waals surface area contributed by atoms with Gasteiger partial charge in [-0.15, -0.1) is 0 Å². The van der Waals surface area contributed by atoms with Gasteiger partial charge >= 0.3 is 0 Å². The molecule has 3 heterocycles. The number of anilines is 3. The minimum atomic E-state index is -0.0677. The largest absolute Gasteiger partial charge is 0.492 e. The van der Waals surface area contributed by atoms with Gasteiger partial charge in [-0.05, 0) is 26.7 Å². The third kappa shape index (κ3) is 5.65. The first-order valence-corrected chi connectivity index (χ1v) is 11.8. The Balaban J connectivity index is 1.48. The summed E-state index contributed by atoms with van der Waals surface area (Å²) in [5.41, 5.74) is 1.62. The fourth-order valence-corrected chi connectivity index (χ4v) is 4.30. The lowest BCUT2D eigenvalue weighted by Crippen LogP contribution is -2.38. The number of aromatic nitrogens is 2. The smallest absolute Gasteiger partial charge is 0.227 e. The molecular weight excluding hydrogens is 422 g/mol. The molecule has 0 unspecified atom stereocenters. The van der Waals surface area contributed by atoms with E-state index in [4.69, 9.17) is 14.2 Å². The van der Waals surface area contributed by atoms with Crippen molar-refractivity contribution in [3.05, 3.63) is 30.7 Å². The van der Waals surface area contributed by atoms with Crippen LogP contribution in [-0.4, -0.2) is 68.5 Å². The number of amides is 1. The number of ether oxygens (including phenoxy) is 3. The van der Waals surface area contributed by atoms with Crippen molar-refractivity contribution in [2.45, 2.75) is 26.7 Å². The number of benzene rings is 1. The molecule has 2 saturated heterocycles. The molecule has 2 aliphatic heterocycles. The second kappa shape index (κ2) is 11.2. The summed E-state index contributed by atoms with van der Waals surface area (Å²) in [4.78, 5) is 26.1. The highest BCUT2D eigenvalue weighted by atomic mass is 16.5. The van der Waals surface area contributed by atoms with Crippen LogP contribution >= 0.6 is 0 Å². The normalized spacial score (nSPS) is 17.0. The molecule has 0 saturated carbocycles. The van der Waals surface area contributed by atoms with Crippen LogP contribution in [0.4, 0.5) is 17.2 Å². The molecule has 2 aliphatic rings. The molecule has 0 bridgehead atoms. The van der Waals surface area contributed by atoms with Crippen molar-refractivity contribution in [1.82, 2.24) is 9.97 Å². The van der Waals surface area contributed by atoms with Crippen molar-refractivity contribution in [1.29, 1.82) is 0 Å². The predicted octanol–water partition coefficient (Wildman–Crippen LogP) is 2.97. The Morgan fingerprint density at radius 3 is 2.42 bits per heavy atom. The number of morpholine rings is 1. The van der Waals surface area contributed by atoms with Crippen LogP contribution in [0.2, 0.25) is 0 Å². The Morgan fingerprint density at radius 2 is 1.76 bits per heavy atom. The molecule has 9 heteroatoms. The van der Waals surface area contributed by atoms with Gasteiger partial charge < -0.3 is 29.3 Å². The minimum Gasteiger partial charge on any atom is -0.492 e. The number of carbonyl (C=O) groups excluding carboxylic acids is 1. The van der Waals surface area contributed by atoms with Crippen LogP contribution in [-0.2, 0) is 9.53 Å². The predicted molar refractivity (Wildman–Crippen MR) is 127 cm³/mol.